The van der Waals surface area contributed by atoms with Crippen LogP contribution in [-0.4, -0.2) is 24.5 Å². The number of rotatable bonds is 3. The van der Waals surface area contributed by atoms with E-state index in [1.165, 1.54) is 0 Å². The fourth-order valence-electron chi connectivity index (χ4n) is 2.59. The summed E-state index contributed by atoms with van der Waals surface area (Å²) in [5, 5.41) is 0. The van der Waals surface area contributed by atoms with Gasteiger partial charge in [0.15, 0.2) is 0 Å². The molecule has 5 nitrogen and oxygen atoms in total. The number of fused-ring (bicyclic) bond motifs is 1. The van der Waals surface area contributed by atoms with Crippen LogP contribution in [0.1, 0.15) is 33.1 Å². The van der Waals surface area contributed by atoms with Crippen LogP contribution in [0.4, 0.5) is 0 Å². The topological polar surface area (TPSA) is 69.7 Å². The van der Waals surface area contributed by atoms with Gasteiger partial charge in [0.1, 0.15) is 0 Å². The van der Waals surface area contributed by atoms with Gasteiger partial charge in [-0.2, -0.15) is 0 Å². The fraction of sp³-hybridized carbons (Fsp3) is 0.615. The van der Waals surface area contributed by atoms with E-state index < -0.39 is 23.8 Å². The quantitative estimate of drug-likeness (QED) is 0.560. The third-order valence-corrected chi connectivity index (χ3v) is 3.56. The first-order chi connectivity index (χ1) is 8.58. The zero-order valence-corrected chi connectivity index (χ0v) is 10.5. The molecule has 1 aliphatic heterocycles. The van der Waals surface area contributed by atoms with Gasteiger partial charge in [-0.3, -0.25) is 9.59 Å². The van der Waals surface area contributed by atoms with Crippen molar-refractivity contribution in [3.63, 3.8) is 0 Å². The summed E-state index contributed by atoms with van der Waals surface area (Å²) in [4.78, 5) is 34.9. The Kier molecular flexibility index (Phi) is 3.50. The Morgan fingerprint density at radius 2 is 1.83 bits per heavy atom. The summed E-state index contributed by atoms with van der Waals surface area (Å²) in [6.45, 7) is 3.97. The molecule has 0 N–H and O–H groups in total. The summed E-state index contributed by atoms with van der Waals surface area (Å²) in [5.74, 6) is -2.27. The Morgan fingerprint density at radius 1 is 1.22 bits per heavy atom. The second-order valence-electron chi connectivity index (χ2n) is 4.52. The number of allylic oxidation sites excluding steroid dienone is 1. The summed E-state index contributed by atoms with van der Waals surface area (Å²) in [6.07, 6.45) is 1.37. The standard InChI is InChI=1S/C13H16O5/c1-3-7-5-9-10(13(16)18-12(9)15)6-8(7)11(14)17-4-2/h9-10H,3-6H2,1-2H3/t9-,10+/m0/s1. The van der Waals surface area contributed by atoms with E-state index in [0.29, 0.717) is 25.0 Å². The summed E-state index contributed by atoms with van der Waals surface area (Å²) in [7, 11) is 0. The van der Waals surface area contributed by atoms with Gasteiger partial charge in [0.05, 0.1) is 18.4 Å². The summed E-state index contributed by atoms with van der Waals surface area (Å²) in [6, 6.07) is 0. The maximum absolute atomic E-state index is 11.8. The molecule has 0 radical (unpaired) electrons. The largest absolute Gasteiger partial charge is 0.463 e. The second kappa shape index (κ2) is 4.92. The molecular weight excluding hydrogens is 236 g/mol. The average Bonchev–Trinajstić information content (AvgIpc) is 2.63. The van der Waals surface area contributed by atoms with Crippen LogP contribution in [0.2, 0.25) is 0 Å². The van der Waals surface area contributed by atoms with Gasteiger partial charge in [0.25, 0.3) is 0 Å². The molecule has 2 aliphatic rings. The molecule has 1 aliphatic carbocycles. The lowest BCUT2D eigenvalue weighted by Crippen LogP contribution is -2.27. The van der Waals surface area contributed by atoms with Gasteiger partial charge in [-0.1, -0.05) is 12.5 Å². The molecule has 0 unspecified atom stereocenters. The van der Waals surface area contributed by atoms with Gasteiger partial charge < -0.3 is 9.47 Å². The van der Waals surface area contributed by atoms with Crippen molar-refractivity contribution in [3.05, 3.63) is 11.1 Å². The van der Waals surface area contributed by atoms with Crippen LogP contribution < -0.4 is 0 Å². The van der Waals surface area contributed by atoms with Crippen LogP contribution in [0.5, 0.6) is 0 Å². The van der Waals surface area contributed by atoms with Gasteiger partial charge in [0.2, 0.25) is 0 Å². The molecular formula is C13H16O5. The predicted octanol–water partition coefficient (Wildman–Crippen LogP) is 1.37. The lowest BCUT2D eigenvalue weighted by Gasteiger charge is -2.24. The number of hydrogen-bond acceptors (Lipinski definition) is 5. The number of hydrogen-bond donors (Lipinski definition) is 0. The molecule has 1 heterocycles. The summed E-state index contributed by atoms with van der Waals surface area (Å²) >= 11 is 0. The summed E-state index contributed by atoms with van der Waals surface area (Å²) in [5.41, 5.74) is 1.45. The minimum atomic E-state index is -0.512. The van der Waals surface area contributed by atoms with Crippen LogP contribution in [0.15, 0.2) is 11.1 Å². The number of carbonyl (C=O) groups excluding carboxylic acids is 3. The predicted molar refractivity (Wildman–Crippen MR) is 61.3 cm³/mol. The molecule has 1 saturated heterocycles. The van der Waals surface area contributed by atoms with E-state index in [0.717, 1.165) is 5.57 Å². The minimum Gasteiger partial charge on any atom is -0.463 e. The van der Waals surface area contributed by atoms with Crippen LogP contribution in [0, 0.1) is 11.8 Å². The molecule has 0 aromatic carbocycles. The van der Waals surface area contributed by atoms with Crippen molar-refractivity contribution in [3.8, 4) is 0 Å². The van der Waals surface area contributed by atoms with E-state index in [9.17, 15) is 14.4 Å². The smallest absolute Gasteiger partial charge is 0.333 e. The average molecular weight is 252 g/mol. The van der Waals surface area contributed by atoms with Gasteiger partial charge >= 0.3 is 17.9 Å². The molecule has 5 heteroatoms. The number of carbonyl (C=O) groups is 3. The second-order valence-corrected chi connectivity index (χ2v) is 4.52. The molecule has 0 aromatic heterocycles. The molecule has 0 aromatic rings. The first-order valence-corrected chi connectivity index (χ1v) is 6.22. The van der Waals surface area contributed by atoms with Gasteiger partial charge in [-0.25, -0.2) is 4.79 Å². The van der Waals surface area contributed by atoms with E-state index in [2.05, 4.69) is 4.74 Å². The molecule has 0 saturated carbocycles. The first-order valence-electron chi connectivity index (χ1n) is 6.22. The highest BCUT2D eigenvalue weighted by atomic mass is 16.6. The Morgan fingerprint density at radius 3 is 2.39 bits per heavy atom. The molecule has 18 heavy (non-hydrogen) atoms. The van der Waals surface area contributed by atoms with Gasteiger partial charge in [-0.05, 0) is 26.2 Å². The maximum Gasteiger partial charge on any atom is 0.333 e. The monoisotopic (exact) mass is 252 g/mol. The highest BCUT2D eigenvalue weighted by molar-refractivity contribution is 5.99. The zero-order chi connectivity index (χ0) is 13.3. The molecule has 1 fully saturated rings. The molecule has 98 valence electrons. The Hall–Kier alpha value is -1.65. The van der Waals surface area contributed by atoms with Crippen LogP contribution in [0.3, 0.4) is 0 Å². The summed E-state index contributed by atoms with van der Waals surface area (Å²) < 4.78 is 9.62. The fourth-order valence-corrected chi connectivity index (χ4v) is 2.59. The minimum absolute atomic E-state index is 0.261. The maximum atomic E-state index is 11.8. The zero-order valence-electron chi connectivity index (χ0n) is 10.5. The lowest BCUT2D eigenvalue weighted by molar-refractivity contribution is -0.153. The van der Waals surface area contributed by atoms with E-state index in [4.69, 9.17) is 4.74 Å². The van der Waals surface area contributed by atoms with Crippen LogP contribution in [-0.2, 0) is 23.9 Å². The van der Waals surface area contributed by atoms with Crippen molar-refractivity contribution in [1.82, 2.24) is 0 Å². The van der Waals surface area contributed by atoms with Crippen LogP contribution >= 0.6 is 0 Å². The van der Waals surface area contributed by atoms with Gasteiger partial charge in [-0.15, -0.1) is 0 Å². The Labute approximate surface area is 105 Å². The van der Waals surface area contributed by atoms with E-state index in [-0.39, 0.29) is 12.4 Å². The molecule has 2 atom stereocenters. The first kappa shape index (κ1) is 12.8. The third-order valence-electron chi connectivity index (χ3n) is 3.56. The number of ether oxygens (including phenoxy) is 2. The highest BCUT2D eigenvalue weighted by Crippen LogP contribution is 2.41. The van der Waals surface area contributed by atoms with Crippen LogP contribution in [0.25, 0.3) is 0 Å². The molecule has 0 bridgehead atoms. The van der Waals surface area contributed by atoms with Crippen molar-refractivity contribution >= 4 is 17.9 Å². The van der Waals surface area contributed by atoms with Crippen molar-refractivity contribution in [2.24, 2.45) is 11.8 Å². The Balaban J connectivity index is 2.28. The van der Waals surface area contributed by atoms with E-state index in [1.807, 2.05) is 6.92 Å². The highest BCUT2D eigenvalue weighted by Gasteiger charge is 2.48. The SMILES string of the molecule is CCOC(=O)C1=C(CC)C[C@@H]2C(=O)OC(=O)[C@@H]2C1. The van der Waals surface area contributed by atoms with E-state index in [1.54, 1.807) is 6.92 Å². The Bertz CT molecular complexity index is 435. The van der Waals surface area contributed by atoms with Crippen molar-refractivity contribution < 1.29 is 23.9 Å². The third kappa shape index (κ3) is 2.05. The molecule has 2 rings (SSSR count). The van der Waals surface area contributed by atoms with Crippen molar-refractivity contribution in [1.29, 1.82) is 0 Å². The normalized spacial score (nSPS) is 27.0. The molecule has 0 spiro atoms. The van der Waals surface area contributed by atoms with Crippen molar-refractivity contribution in [2.75, 3.05) is 6.61 Å². The lowest BCUT2D eigenvalue weighted by atomic mass is 9.76. The molecule has 0 amide bonds. The number of cyclic esters (lactones) is 2. The van der Waals surface area contributed by atoms with Crippen molar-refractivity contribution in [2.45, 2.75) is 33.1 Å². The number of esters is 3. The van der Waals surface area contributed by atoms with E-state index >= 15 is 0 Å². The van der Waals surface area contributed by atoms with Gasteiger partial charge in [0, 0.05) is 5.57 Å².